The van der Waals surface area contributed by atoms with Gasteiger partial charge in [-0.25, -0.2) is 0 Å². The molecule has 0 radical (unpaired) electrons. The molecule has 5 heteroatoms. The fraction of sp³-hybridized carbons (Fsp3) is 0.647. The van der Waals surface area contributed by atoms with Gasteiger partial charge in [-0.1, -0.05) is 6.92 Å². The molecule has 5 nitrogen and oxygen atoms in total. The minimum absolute atomic E-state index is 0.142. The first-order valence-corrected chi connectivity index (χ1v) is 8.27. The Hall–Kier alpha value is -1.46. The molecule has 1 aliphatic rings. The Bertz CT molecular complexity index is 443. The number of nitrogens with zero attached hydrogens (tertiary/aromatic N) is 3. The van der Waals surface area contributed by atoms with E-state index in [4.69, 9.17) is 0 Å². The number of carbonyl (C=O) groups is 1. The summed E-state index contributed by atoms with van der Waals surface area (Å²) in [6, 6.07) is 4.67. The molecule has 1 aromatic heterocycles. The molecular formula is C17H28N4O. The quantitative estimate of drug-likeness (QED) is 0.829. The maximum absolute atomic E-state index is 11.8. The highest BCUT2D eigenvalue weighted by atomic mass is 16.2. The van der Waals surface area contributed by atoms with E-state index in [1.54, 1.807) is 0 Å². The van der Waals surface area contributed by atoms with Crippen LogP contribution in [0.25, 0.3) is 0 Å². The summed E-state index contributed by atoms with van der Waals surface area (Å²) >= 11 is 0. The van der Waals surface area contributed by atoms with Gasteiger partial charge >= 0.3 is 0 Å². The maximum atomic E-state index is 11.8. The summed E-state index contributed by atoms with van der Waals surface area (Å²) < 4.78 is 0. The lowest BCUT2D eigenvalue weighted by molar-refractivity contribution is -0.122. The van der Waals surface area contributed by atoms with E-state index in [2.05, 4.69) is 46.2 Å². The Labute approximate surface area is 133 Å². The van der Waals surface area contributed by atoms with Gasteiger partial charge in [-0.3, -0.25) is 19.6 Å². The highest BCUT2D eigenvalue weighted by Crippen LogP contribution is 2.17. The van der Waals surface area contributed by atoms with Gasteiger partial charge in [-0.05, 0) is 57.1 Å². The summed E-state index contributed by atoms with van der Waals surface area (Å²) in [7, 11) is 2.06. The lowest BCUT2D eigenvalue weighted by atomic mass is 10.0. The second kappa shape index (κ2) is 8.86. The summed E-state index contributed by atoms with van der Waals surface area (Å²) in [5.41, 5.74) is 1.32. The van der Waals surface area contributed by atoms with Crippen LogP contribution in [-0.4, -0.2) is 60.0 Å². The van der Waals surface area contributed by atoms with Crippen LogP contribution in [0.1, 0.15) is 31.7 Å². The third-order valence-corrected chi connectivity index (χ3v) is 4.30. The number of amides is 1. The summed E-state index contributed by atoms with van der Waals surface area (Å²) in [5.74, 6) is 0.142. The minimum atomic E-state index is 0.142. The molecule has 0 spiro atoms. The van der Waals surface area contributed by atoms with Gasteiger partial charge in [0.05, 0.1) is 6.54 Å². The molecule has 0 aliphatic carbocycles. The van der Waals surface area contributed by atoms with Crippen molar-refractivity contribution in [2.24, 2.45) is 0 Å². The van der Waals surface area contributed by atoms with Crippen LogP contribution in [0.2, 0.25) is 0 Å². The van der Waals surface area contributed by atoms with Crippen LogP contribution >= 0.6 is 0 Å². The van der Waals surface area contributed by atoms with Gasteiger partial charge in [-0.15, -0.1) is 0 Å². The van der Waals surface area contributed by atoms with E-state index in [9.17, 15) is 4.79 Å². The SMILES string of the molecule is CCCNC(=O)CN(C)C1CCN(Cc2ccncc2)CC1. The zero-order valence-electron chi connectivity index (χ0n) is 13.8. The number of piperidine rings is 1. The van der Waals surface area contributed by atoms with Gasteiger partial charge < -0.3 is 5.32 Å². The second-order valence-corrected chi connectivity index (χ2v) is 6.13. The fourth-order valence-corrected chi connectivity index (χ4v) is 2.94. The highest BCUT2D eigenvalue weighted by Gasteiger charge is 2.23. The molecule has 1 aromatic rings. The van der Waals surface area contributed by atoms with E-state index >= 15 is 0 Å². The van der Waals surface area contributed by atoms with Crippen LogP contribution in [0.5, 0.6) is 0 Å². The molecular weight excluding hydrogens is 276 g/mol. The minimum Gasteiger partial charge on any atom is -0.355 e. The lowest BCUT2D eigenvalue weighted by Gasteiger charge is -2.36. The third-order valence-electron chi connectivity index (χ3n) is 4.30. The number of rotatable bonds is 7. The Morgan fingerprint density at radius 3 is 2.68 bits per heavy atom. The first kappa shape index (κ1) is 16.9. The third kappa shape index (κ3) is 5.39. The Morgan fingerprint density at radius 2 is 2.05 bits per heavy atom. The summed E-state index contributed by atoms with van der Waals surface area (Å²) in [5, 5.41) is 2.95. The molecule has 2 heterocycles. The van der Waals surface area contributed by atoms with Gasteiger partial charge in [0.2, 0.25) is 5.91 Å². The molecule has 0 aromatic carbocycles. The predicted octanol–water partition coefficient (Wildman–Crippen LogP) is 1.50. The van der Waals surface area contributed by atoms with Crippen LogP contribution in [0.15, 0.2) is 24.5 Å². The monoisotopic (exact) mass is 304 g/mol. The van der Waals surface area contributed by atoms with Gasteiger partial charge in [0.1, 0.15) is 0 Å². The summed E-state index contributed by atoms with van der Waals surface area (Å²) in [4.78, 5) is 20.5. The Balaban J connectivity index is 1.71. The average Bonchev–Trinajstić information content (AvgIpc) is 2.54. The smallest absolute Gasteiger partial charge is 0.234 e. The van der Waals surface area contributed by atoms with Gasteiger partial charge in [-0.2, -0.15) is 0 Å². The maximum Gasteiger partial charge on any atom is 0.234 e. The van der Waals surface area contributed by atoms with Crippen molar-refractivity contribution in [1.82, 2.24) is 20.1 Å². The highest BCUT2D eigenvalue weighted by molar-refractivity contribution is 5.77. The lowest BCUT2D eigenvalue weighted by Crippen LogP contribution is -2.46. The predicted molar refractivity (Wildman–Crippen MR) is 88.5 cm³/mol. The number of hydrogen-bond acceptors (Lipinski definition) is 4. The zero-order valence-corrected chi connectivity index (χ0v) is 13.8. The number of likely N-dealkylation sites (N-methyl/N-ethyl adjacent to an activating group) is 1. The number of aromatic nitrogens is 1. The van der Waals surface area contributed by atoms with Crippen LogP contribution in [-0.2, 0) is 11.3 Å². The second-order valence-electron chi connectivity index (χ2n) is 6.13. The number of pyridine rings is 1. The summed E-state index contributed by atoms with van der Waals surface area (Å²) in [6.07, 6.45) is 6.95. The number of hydrogen-bond donors (Lipinski definition) is 1. The van der Waals surface area contributed by atoms with Crippen molar-refractivity contribution in [1.29, 1.82) is 0 Å². The zero-order chi connectivity index (χ0) is 15.8. The molecule has 1 aliphatic heterocycles. The number of likely N-dealkylation sites (tertiary alicyclic amines) is 1. The Kier molecular flexibility index (Phi) is 6.80. The molecule has 1 N–H and O–H groups in total. The van der Waals surface area contributed by atoms with Crippen LogP contribution in [0.3, 0.4) is 0 Å². The molecule has 0 atom stereocenters. The van der Waals surface area contributed by atoms with E-state index in [0.717, 1.165) is 45.4 Å². The van der Waals surface area contributed by atoms with Crippen molar-refractivity contribution < 1.29 is 4.79 Å². The average molecular weight is 304 g/mol. The van der Waals surface area contributed by atoms with Crippen LogP contribution in [0, 0.1) is 0 Å². The van der Waals surface area contributed by atoms with Crippen molar-refractivity contribution in [2.45, 2.75) is 38.8 Å². The fourth-order valence-electron chi connectivity index (χ4n) is 2.94. The molecule has 0 saturated carbocycles. The molecule has 1 fully saturated rings. The first-order valence-electron chi connectivity index (χ1n) is 8.27. The normalized spacial score (nSPS) is 16.9. The standard InChI is InChI=1S/C17H28N4O/c1-3-8-19-17(22)14-20(2)16-6-11-21(12-7-16)13-15-4-9-18-10-5-15/h4-5,9-10,16H,3,6-8,11-14H2,1-2H3,(H,19,22). The van der Waals surface area contributed by atoms with Crippen molar-refractivity contribution in [3.63, 3.8) is 0 Å². The first-order chi connectivity index (χ1) is 10.7. The van der Waals surface area contributed by atoms with Crippen molar-refractivity contribution >= 4 is 5.91 Å². The van der Waals surface area contributed by atoms with E-state index in [1.165, 1.54) is 5.56 Å². The van der Waals surface area contributed by atoms with E-state index < -0.39 is 0 Å². The van der Waals surface area contributed by atoms with E-state index in [1.807, 2.05) is 12.4 Å². The summed E-state index contributed by atoms with van der Waals surface area (Å²) in [6.45, 7) is 6.53. The van der Waals surface area contributed by atoms with E-state index in [-0.39, 0.29) is 5.91 Å². The van der Waals surface area contributed by atoms with Crippen molar-refractivity contribution in [2.75, 3.05) is 33.2 Å². The molecule has 22 heavy (non-hydrogen) atoms. The molecule has 1 amide bonds. The van der Waals surface area contributed by atoms with Gasteiger partial charge in [0, 0.05) is 31.5 Å². The van der Waals surface area contributed by atoms with E-state index in [0.29, 0.717) is 12.6 Å². The largest absolute Gasteiger partial charge is 0.355 e. The number of nitrogens with one attached hydrogen (secondary N) is 1. The molecule has 122 valence electrons. The number of carbonyl (C=O) groups excluding carboxylic acids is 1. The molecule has 0 unspecified atom stereocenters. The Morgan fingerprint density at radius 1 is 1.36 bits per heavy atom. The van der Waals surface area contributed by atoms with Crippen molar-refractivity contribution in [3.8, 4) is 0 Å². The van der Waals surface area contributed by atoms with Gasteiger partial charge in [0.25, 0.3) is 0 Å². The van der Waals surface area contributed by atoms with Crippen molar-refractivity contribution in [3.05, 3.63) is 30.1 Å². The van der Waals surface area contributed by atoms with Crippen LogP contribution < -0.4 is 5.32 Å². The molecule has 1 saturated heterocycles. The molecule has 2 rings (SSSR count). The van der Waals surface area contributed by atoms with Gasteiger partial charge in [0.15, 0.2) is 0 Å². The molecule has 0 bridgehead atoms. The topological polar surface area (TPSA) is 48.5 Å². The van der Waals surface area contributed by atoms with Crippen LogP contribution in [0.4, 0.5) is 0 Å².